The van der Waals surface area contributed by atoms with Crippen LogP contribution in [0.2, 0.25) is 0 Å². The Bertz CT molecular complexity index is 117. The molecule has 1 rings (SSSR count). The van der Waals surface area contributed by atoms with Gasteiger partial charge in [0.2, 0.25) is 0 Å². The van der Waals surface area contributed by atoms with Crippen LogP contribution in [0.25, 0.3) is 0 Å². The minimum absolute atomic E-state index is 1.19. The average molecular weight is 244 g/mol. The van der Waals surface area contributed by atoms with Crippen LogP contribution < -0.4 is 0 Å². The van der Waals surface area contributed by atoms with E-state index in [-0.39, 0.29) is 0 Å². The molecule has 0 aliphatic carbocycles. The number of aromatic nitrogens is 1. The quantitative estimate of drug-likeness (QED) is 0.683. The van der Waals surface area contributed by atoms with Crippen molar-refractivity contribution in [3.05, 3.63) is 30.6 Å². The van der Waals surface area contributed by atoms with Crippen LogP contribution in [-0.4, -0.2) is 4.98 Å². The molecule has 0 aliphatic heterocycles. The van der Waals surface area contributed by atoms with Crippen LogP contribution in [0.5, 0.6) is 0 Å². The molecular weight excluding hydrogens is 239 g/mol. The van der Waals surface area contributed by atoms with E-state index in [0.29, 0.717) is 0 Å². The van der Waals surface area contributed by atoms with E-state index in [1.54, 1.807) is 12.4 Å². The predicted molar refractivity (Wildman–Crippen MR) is 41.8 cm³/mol. The van der Waals surface area contributed by atoms with Crippen LogP contribution in [-0.2, 0) is 10.9 Å². The smallest absolute Gasteiger partial charge is 0.0267 e. The van der Waals surface area contributed by atoms with Gasteiger partial charge in [-0.05, 0) is 12.1 Å². The Morgan fingerprint density at radius 3 is 1.40 bits per heavy atom. The molecule has 10 heavy (non-hydrogen) atoms. The Kier molecular flexibility index (Phi) is 8.03. The van der Waals surface area contributed by atoms with Gasteiger partial charge < -0.3 is 0 Å². The van der Waals surface area contributed by atoms with Crippen molar-refractivity contribution in [2.45, 2.75) is 0 Å². The van der Waals surface area contributed by atoms with Crippen LogP contribution in [0, 0.1) is 0 Å². The second kappa shape index (κ2) is 7.63. The maximum Gasteiger partial charge on any atom is 0.0267 e. The molecule has 60 valence electrons. The molecule has 0 radical (unpaired) electrons. The number of halogens is 3. The summed E-state index contributed by atoms with van der Waals surface area (Å²) in [6.45, 7) is 0. The summed E-state index contributed by atoms with van der Waals surface area (Å²) in [6.07, 6.45) is 3.50. The minimum atomic E-state index is -1.19. The van der Waals surface area contributed by atoms with E-state index in [2.05, 4.69) is 4.98 Å². The topological polar surface area (TPSA) is 12.9 Å². The van der Waals surface area contributed by atoms with Crippen molar-refractivity contribution in [3.8, 4) is 0 Å². The average Bonchev–Trinajstić information content (AvgIpc) is 1.90. The summed E-state index contributed by atoms with van der Waals surface area (Å²) in [5.41, 5.74) is 0. The molecule has 0 aromatic carbocycles. The van der Waals surface area contributed by atoms with Gasteiger partial charge in [-0.15, -0.1) is 0 Å². The zero-order valence-corrected chi connectivity index (χ0v) is 8.11. The van der Waals surface area contributed by atoms with Gasteiger partial charge in [0.15, 0.2) is 0 Å². The first-order chi connectivity index (χ1) is 4.73. The maximum absolute atomic E-state index is 4.87. The molecule has 0 unspecified atom stereocenters. The monoisotopic (exact) mass is 243 g/mol. The van der Waals surface area contributed by atoms with E-state index in [1.165, 1.54) is 0 Å². The Labute approximate surface area is 76.8 Å². The fourth-order valence-electron chi connectivity index (χ4n) is 0.313. The summed E-state index contributed by atoms with van der Waals surface area (Å²) < 4.78 is 0. The van der Waals surface area contributed by atoms with Crippen LogP contribution >= 0.6 is 30.4 Å². The van der Waals surface area contributed by atoms with Crippen molar-refractivity contribution in [1.82, 2.24) is 4.98 Å². The first kappa shape index (κ1) is 10.5. The van der Waals surface area contributed by atoms with Crippen molar-refractivity contribution in [1.29, 1.82) is 0 Å². The molecular formula is C5H5Cl3CoN. The summed E-state index contributed by atoms with van der Waals surface area (Å²) in [5.74, 6) is 0. The molecule has 1 aromatic rings. The fourth-order valence-corrected chi connectivity index (χ4v) is 0.313. The van der Waals surface area contributed by atoms with E-state index >= 15 is 0 Å². The van der Waals surface area contributed by atoms with Gasteiger partial charge in [0.25, 0.3) is 0 Å². The normalized spacial score (nSPS) is 9.30. The fraction of sp³-hybridized carbons (Fsp3) is 0. The van der Waals surface area contributed by atoms with E-state index in [0.717, 1.165) is 0 Å². The molecule has 0 bridgehead atoms. The molecule has 1 nitrogen and oxygen atoms in total. The molecule has 0 fully saturated rings. The molecule has 5 heteroatoms. The van der Waals surface area contributed by atoms with Crippen molar-refractivity contribution in [2.75, 3.05) is 0 Å². The summed E-state index contributed by atoms with van der Waals surface area (Å²) in [7, 11) is 13.4. The second-order valence-electron chi connectivity index (χ2n) is 1.17. The number of nitrogens with zero attached hydrogens (tertiary/aromatic N) is 1. The van der Waals surface area contributed by atoms with Crippen molar-refractivity contribution in [3.63, 3.8) is 0 Å². The van der Waals surface area contributed by atoms with Crippen molar-refractivity contribution < 1.29 is 10.9 Å². The van der Waals surface area contributed by atoms with E-state index in [1.807, 2.05) is 18.2 Å². The number of hydrogen-bond donors (Lipinski definition) is 0. The molecule has 1 aromatic heterocycles. The Morgan fingerprint density at radius 2 is 1.30 bits per heavy atom. The van der Waals surface area contributed by atoms with Gasteiger partial charge in [-0.1, -0.05) is 6.07 Å². The molecule has 1 heterocycles. The van der Waals surface area contributed by atoms with Crippen LogP contribution in [0.4, 0.5) is 0 Å². The van der Waals surface area contributed by atoms with Gasteiger partial charge in [-0.2, -0.15) is 0 Å². The third-order valence-corrected chi connectivity index (χ3v) is 0.566. The zero-order chi connectivity index (χ0) is 7.82. The van der Waals surface area contributed by atoms with Crippen molar-refractivity contribution >= 4 is 30.4 Å². The summed E-state index contributed by atoms with van der Waals surface area (Å²) in [4.78, 5) is 3.78. The summed E-state index contributed by atoms with van der Waals surface area (Å²) >= 11 is 0. The van der Waals surface area contributed by atoms with Gasteiger partial charge in [0.1, 0.15) is 0 Å². The molecule has 0 saturated heterocycles. The van der Waals surface area contributed by atoms with Crippen molar-refractivity contribution in [2.24, 2.45) is 0 Å². The molecule has 0 amide bonds. The molecule has 0 spiro atoms. The van der Waals surface area contributed by atoms with Gasteiger partial charge in [0.05, 0.1) is 0 Å². The zero-order valence-electron chi connectivity index (χ0n) is 4.80. The summed E-state index contributed by atoms with van der Waals surface area (Å²) in [5, 5.41) is 0. The Hall–Kier alpha value is 0.526. The number of hydrogen-bond acceptors (Lipinski definition) is 1. The molecule has 0 atom stereocenters. The second-order valence-corrected chi connectivity index (χ2v) is 6.33. The van der Waals surface area contributed by atoms with E-state index in [9.17, 15) is 0 Å². The Balaban J connectivity index is 0.000000180. The third kappa shape index (κ3) is 11.3. The summed E-state index contributed by atoms with van der Waals surface area (Å²) in [6, 6.07) is 5.72. The van der Waals surface area contributed by atoms with Gasteiger partial charge in [-0.25, -0.2) is 0 Å². The van der Waals surface area contributed by atoms with Crippen LogP contribution in [0.1, 0.15) is 0 Å². The van der Waals surface area contributed by atoms with Gasteiger partial charge >= 0.3 is 41.4 Å². The number of pyridine rings is 1. The largest absolute Gasteiger partial charge is 0.265 e. The molecule has 0 saturated carbocycles. The minimum Gasteiger partial charge on any atom is -0.265 e. The maximum atomic E-state index is 4.87. The van der Waals surface area contributed by atoms with Crippen LogP contribution in [0.3, 0.4) is 0 Å². The first-order valence-corrected chi connectivity index (χ1v) is 6.52. The van der Waals surface area contributed by atoms with E-state index < -0.39 is 10.9 Å². The van der Waals surface area contributed by atoms with Gasteiger partial charge in [0, 0.05) is 12.4 Å². The van der Waals surface area contributed by atoms with Crippen LogP contribution in [0.15, 0.2) is 30.6 Å². The molecule has 0 aliphatic rings. The van der Waals surface area contributed by atoms with Gasteiger partial charge in [-0.3, -0.25) is 4.98 Å². The van der Waals surface area contributed by atoms with E-state index in [4.69, 9.17) is 30.4 Å². The number of rotatable bonds is 0. The Morgan fingerprint density at radius 1 is 0.900 bits per heavy atom. The SMILES string of the molecule is [Cl][Co]([Cl])[Cl].c1ccncc1. The predicted octanol–water partition coefficient (Wildman–Crippen LogP) is 3.15. The first-order valence-electron chi connectivity index (χ1n) is 2.23. The molecule has 0 N–H and O–H groups in total. The standard InChI is InChI=1S/C5H5N.3ClH.Co/c1-2-4-6-5-3-1;;;;/h1-5H;3*1H;/q;;;;+3/p-3. The third-order valence-electron chi connectivity index (χ3n) is 0.566.